The molecule has 0 bridgehead atoms. The maximum absolute atomic E-state index is 12.3. The number of aromatic nitrogens is 1. The predicted molar refractivity (Wildman–Crippen MR) is 82.4 cm³/mol. The van der Waals surface area contributed by atoms with E-state index >= 15 is 0 Å². The molecule has 0 amide bonds. The minimum absolute atomic E-state index is 0.0287. The van der Waals surface area contributed by atoms with Crippen molar-refractivity contribution in [1.29, 1.82) is 0 Å². The molecule has 0 radical (unpaired) electrons. The Labute approximate surface area is 134 Å². The SMILES string of the molecule is Cc1cc(NS(=O)(=O)c2ccc(Br)cc2Cl)c(C(=O)O)[nH]1. The van der Waals surface area contributed by atoms with E-state index in [2.05, 4.69) is 25.6 Å². The van der Waals surface area contributed by atoms with Crippen LogP contribution < -0.4 is 4.72 Å². The number of aryl methyl sites for hydroxylation is 1. The summed E-state index contributed by atoms with van der Waals surface area (Å²) in [5, 5.41) is 9.07. The Morgan fingerprint density at radius 3 is 2.62 bits per heavy atom. The molecule has 2 aromatic rings. The number of H-pyrrole nitrogens is 1. The van der Waals surface area contributed by atoms with E-state index in [1.165, 1.54) is 24.3 Å². The number of carboxylic acids is 1. The van der Waals surface area contributed by atoms with Gasteiger partial charge in [-0.3, -0.25) is 4.72 Å². The molecule has 0 aliphatic carbocycles. The van der Waals surface area contributed by atoms with Crippen molar-refractivity contribution >= 4 is 49.2 Å². The third-order valence-corrected chi connectivity index (χ3v) is 4.94. The predicted octanol–water partition coefficient (Wildman–Crippen LogP) is 3.24. The van der Waals surface area contributed by atoms with E-state index in [1.807, 2.05) is 0 Å². The number of benzene rings is 1. The molecule has 2 rings (SSSR count). The van der Waals surface area contributed by atoms with Crippen molar-refractivity contribution < 1.29 is 18.3 Å². The first-order valence-corrected chi connectivity index (χ1v) is 8.27. The van der Waals surface area contributed by atoms with Crippen molar-refractivity contribution in [2.45, 2.75) is 11.8 Å². The summed E-state index contributed by atoms with van der Waals surface area (Å²) in [7, 11) is -3.99. The minimum Gasteiger partial charge on any atom is -0.477 e. The normalized spacial score (nSPS) is 11.4. The molecule has 1 aromatic heterocycles. The second-order valence-electron chi connectivity index (χ2n) is 4.23. The molecule has 0 aliphatic heterocycles. The molecule has 112 valence electrons. The number of carboxylic acid groups (broad SMARTS) is 1. The van der Waals surface area contributed by atoms with Gasteiger partial charge in [-0.05, 0) is 31.2 Å². The topological polar surface area (TPSA) is 99.3 Å². The zero-order valence-corrected chi connectivity index (χ0v) is 13.8. The second kappa shape index (κ2) is 5.70. The van der Waals surface area contributed by atoms with E-state index in [0.29, 0.717) is 10.2 Å². The second-order valence-corrected chi connectivity index (χ2v) is 7.20. The van der Waals surface area contributed by atoms with E-state index in [0.717, 1.165) is 0 Å². The third kappa shape index (κ3) is 3.39. The maximum Gasteiger partial charge on any atom is 0.354 e. The van der Waals surface area contributed by atoms with Gasteiger partial charge in [0.05, 0.1) is 10.7 Å². The Morgan fingerprint density at radius 2 is 2.05 bits per heavy atom. The highest BCUT2D eigenvalue weighted by molar-refractivity contribution is 9.10. The van der Waals surface area contributed by atoms with Gasteiger partial charge >= 0.3 is 5.97 Å². The summed E-state index contributed by atoms with van der Waals surface area (Å²) in [6, 6.07) is 5.69. The highest BCUT2D eigenvalue weighted by atomic mass is 79.9. The molecular formula is C12H10BrClN2O4S. The molecule has 1 aromatic carbocycles. The van der Waals surface area contributed by atoms with Crippen LogP contribution in [0.3, 0.4) is 0 Å². The lowest BCUT2D eigenvalue weighted by atomic mass is 10.4. The monoisotopic (exact) mass is 392 g/mol. The van der Waals surface area contributed by atoms with E-state index in [-0.39, 0.29) is 21.3 Å². The van der Waals surface area contributed by atoms with Crippen molar-refractivity contribution in [3.63, 3.8) is 0 Å². The highest BCUT2D eigenvalue weighted by Crippen LogP contribution is 2.28. The Hall–Kier alpha value is -1.51. The first kappa shape index (κ1) is 15.9. The molecule has 0 unspecified atom stereocenters. The number of rotatable bonds is 4. The fourth-order valence-corrected chi connectivity index (χ4v) is 3.83. The molecule has 6 nitrogen and oxygen atoms in total. The van der Waals surface area contributed by atoms with Crippen LogP contribution >= 0.6 is 27.5 Å². The number of anilines is 1. The molecule has 0 saturated carbocycles. The lowest BCUT2D eigenvalue weighted by Crippen LogP contribution is -2.15. The summed E-state index contributed by atoms with van der Waals surface area (Å²) < 4.78 is 27.5. The molecule has 1 heterocycles. The number of hydrogen-bond donors (Lipinski definition) is 3. The number of aromatic amines is 1. The lowest BCUT2D eigenvalue weighted by molar-refractivity contribution is 0.0692. The minimum atomic E-state index is -3.99. The van der Waals surface area contributed by atoms with Gasteiger partial charge in [0.25, 0.3) is 10.0 Å². The van der Waals surface area contributed by atoms with Crippen molar-refractivity contribution in [1.82, 2.24) is 4.98 Å². The molecule has 0 saturated heterocycles. The maximum atomic E-state index is 12.3. The van der Waals surface area contributed by atoms with Crippen LogP contribution in [0.5, 0.6) is 0 Å². The van der Waals surface area contributed by atoms with Crippen LogP contribution in [0.4, 0.5) is 5.69 Å². The Kier molecular flexibility index (Phi) is 4.31. The summed E-state index contributed by atoms with van der Waals surface area (Å²) >= 11 is 9.10. The quantitative estimate of drug-likeness (QED) is 0.742. The molecule has 3 N–H and O–H groups in total. The van der Waals surface area contributed by atoms with E-state index in [4.69, 9.17) is 16.7 Å². The number of hydrogen-bond acceptors (Lipinski definition) is 3. The lowest BCUT2D eigenvalue weighted by Gasteiger charge is -2.09. The smallest absolute Gasteiger partial charge is 0.354 e. The zero-order valence-electron chi connectivity index (χ0n) is 10.6. The van der Waals surface area contributed by atoms with Crippen molar-refractivity contribution in [2.24, 2.45) is 0 Å². The number of nitrogens with one attached hydrogen (secondary N) is 2. The molecule has 0 atom stereocenters. The van der Waals surface area contributed by atoms with E-state index in [9.17, 15) is 13.2 Å². The summed E-state index contributed by atoms with van der Waals surface area (Å²) in [5.41, 5.74) is 0.246. The van der Waals surface area contributed by atoms with Gasteiger partial charge in [-0.25, -0.2) is 13.2 Å². The fraction of sp³-hybridized carbons (Fsp3) is 0.0833. The largest absolute Gasteiger partial charge is 0.477 e. The van der Waals surface area contributed by atoms with Gasteiger partial charge in [-0.15, -0.1) is 0 Å². The van der Waals surface area contributed by atoms with Crippen LogP contribution in [0.15, 0.2) is 33.6 Å². The van der Waals surface area contributed by atoms with Crippen molar-refractivity contribution in [2.75, 3.05) is 4.72 Å². The van der Waals surface area contributed by atoms with Crippen LogP contribution in [0, 0.1) is 6.92 Å². The van der Waals surface area contributed by atoms with Gasteiger partial charge < -0.3 is 10.1 Å². The Bertz CT molecular complexity index is 817. The van der Waals surface area contributed by atoms with Crippen LogP contribution in [-0.2, 0) is 10.0 Å². The van der Waals surface area contributed by atoms with Crippen molar-refractivity contribution in [3.8, 4) is 0 Å². The molecule has 21 heavy (non-hydrogen) atoms. The highest BCUT2D eigenvalue weighted by Gasteiger charge is 2.22. The summed E-state index contributed by atoms with van der Waals surface area (Å²) in [4.78, 5) is 13.5. The van der Waals surface area contributed by atoms with Gasteiger partial charge in [-0.2, -0.15) is 0 Å². The summed E-state index contributed by atoms with van der Waals surface area (Å²) in [5.74, 6) is -1.26. The van der Waals surface area contributed by atoms with Gasteiger partial charge in [-0.1, -0.05) is 27.5 Å². The number of carbonyl (C=O) groups is 1. The fourth-order valence-electron chi connectivity index (χ4n) is 1.73. The summed E-state index contributed by atoms with van der Waals surface area (Å²) in [6.07, 6.45) is 0. The average Bonchev–Trinajstić information content (AvgIpc) is 2.68. The van der Waals surface area contributed by atoms with Crippen LogP contribution in [-0.4, -0.2) is 24.5 Å². The van der Waals surface area contributed by atoms with E-state index < -0.39 is 16.0 Å². The van der Waals surface area contributed by atoms with Crippen LogP contribution in [0.1, 0.15) is 16.2 Å². The Morgan fingerprint density at radius 1 is 1.38 bits per heavy atom. The number of halogens is 2. The molecule has 0 aliphatic rings. The van der Waals surface area contributed by atoms with Gasteiger partial charge in [0.2, 0.25) is 0 Å². The average molecular weight is 394 g/mol. The number of aromatic carboxylic acids is 1. The standard InChI is InChI=1S/C12H10BrClN2O4S/c1-6-4-9(11(15-6)12(17)18)16-21(19,20)10-3-2-7(13)5-8(10)14/h2-5,15-16H,1H3,(H,17,18). The third-order valence-electron chi connectivity index (χ3n) is 2.59. The van der Waals surface area contributed by atoms with Crippen LogP contribution in [0.25, 0.3) is 0 Å². The first-order valence-electron chi connectivity index (χ1n) is 5.61. The summed E-state index contributed by atoms with van der Waals surface area (Å²) in [6.45, 7) is 1.62. The molecule has 0 spiro atoms. The van der Waals surface area contributed by atoms with Gasteiger partial charge in [0.1, 0.15) is 10.6 Å². The van der Waals surface area contributed by atoms with Gasteiger partial charge in [0.15, 0.2) is 0 Å². The van der Waals surface area contributed by atoms with E-state index in [1.54, 1.807) is 6.92 Å². The first-order chi connectivity index (χ1) is 9.70. The Balaban J connectivity index is 2.45. The number of sulfonamides is 1. The molecular weight excluding hydrogens is 384 g/mol. The molecule has 0 fully saturated rings. The van der Waals surface area contributed by atoms with Crippen LogP contribution in [0.2, 0.25) is 5.02 Å². The van der Waals surface area contributed by atoms with Gasteiger partial charge in [0, 0.05) is 10.2 Å². The molecule has 9 heteroatoms. The van der Waals surface area contributed by atoms with Crippen molar-refractivity contribution in [3.05, 3.63) is 45.1 Å². The zero-order chi connectivity index (χ0) is 15.8.